The van der Waals surface area contributed by atoms with Crippen LogP contribution in [0.15, 0.2) is 65.7 Å². The molecule has 4 heterocycles. The van der Waals surface area contributed by atoms with Crippen LogP contribution in [0.25, 0.3) is 16.6 Å². The maximum atomic E-state index is 14.8. The van der Waals surface area contributed by atoms with Crippen molar-refractivity contribution in [1.82, 2.24) is 14.5 Å². The fraction of sp³-hybridized carbons (Fsp3) is 0.278. The van der Waals surface area contributed by atoms with Crippen LogP contribution < -0.4 is 30.0 Å². The molecule has 11 heteroatoms. The molecule has 0 spiro atoms. The van der Waals surface area contributed by atoms with Crippen molar-refractivity contribution in [3.8, 4) is 23.1 Å². The van der Waals surface area contributed by atoms with Gasteiger partial charge in [-0.1, -0.05) is 0 Å². The van der Waals surface area contributed by atoms with E-state index in [0.29, 0.717) is 58.4 Å². The van der Waals surface area contributed by atoms with Gasteiger partial charge >= 0.3 is 0 Å². The number of aromatic nitrogens is 3. The molecule has 10 nitrogen and oxygen atoms in total. The van der Waals surface area contributed by atoms with E-state index < -0.39 is 0 Å². The normalized spacial score (nSPS) is 13.4. The van der Waals surface area contributed by atoms with Crippen molar-refractivity contribution < 1.29 is 23.4 Å². The summed E-state index contributed by atoms with van der Waals surface area (Å²) >= 11 is 0. The molecule has 1 aliphatic carbocycles. The molecule has 0 radical (unpaired) electrons. The van der Waals surface area contributed by atoms with Crippen LogP contribution in [0.4, 0.5) is 21.5 Å². The standard InChI is InChI=1S/C20H20FN3O2.C16H16N2O3/c1-22-13-4-5-17-12(8-13)6-7-24(17)20-14-9-18(25-2)19(26-3)10-16(14)23-11-15(20)21;1-10-7-15(21-2)17-8-14(10)18-13(11-3-4-11)6-5-12(9-19)16(18)20/h4-5,8-11,22H,6-7H2,1-3H3;5-9,11H,3-4H2,1-2H3. The third-order valence-corrected chi connectivity index (χ3v) is 8.61. The number of methoxy groups -OCH3 is 3. The smallest absolute Gasteiger partial charge is 0.265 e. The van der Waals surface area contributed by atoms with Gasteiger partial charge in [0.15, 0.2) is 23.6 Å². The second kappa shape index (κ2) is 13.1. The summed E-state index contributed by atoms with van der Waals surface area (Å²) in [7, 11) is 6.59. The first-order chi connectivity index (χ1) is 22.8. The number of anilines is 3. The van der Waals surface area contributed by atoms with Gasteiger partial charge in [0, 0.05) is 48.2 Å². The number of aldehydes is 1. The number of halogens is 1. The summed E-state index contributed by atoms with van der Waals surface area (Å²) in [6.45, 7) is 2.61. The van der Waals surface area contributed by atoms with Crippen LogP contribution in [0.1, 0.15) is 45.9 Å². The maximum absolute atomic E-state index is 14.8. The van der Waals surface area contributed by atoms with Crippen LogP contribution in [-0.4, -0.2) is 55.7 Å². The summed E-state index contributed by atoms with van der Waals surface area (Å²) in [5, 5.41) is 3.85. The van der Waals surface area contributed by atoms with Crippen molar-refractivity contribution in [3.63, 3.8) is 0 Å². The van der Waals surface area contributed by atoms with Crippen molar-refractivity contribution >= 4 is 34.3 Å². The second-order valence-corrected chi connectivity index (χ2v) is 11.4. The Morgan fingerprint density at radius 3 is 2.36 bits per heavy atom. The molecule has 5 aromatic rings. The molecule has 1 fully saturated rings. The van der Waals surface area contributed by atoms with Crippen molar-refractivity contribution in [3.05, 3.63) is 99.5 Å². The van der Waals surface area contributed by atoms with Gasteiger partial charge in [-0.15, -0.1) is 0 Å². The molecule has 0 atom stereocenters. The first kappa shape index (κ1) is 31.5. The minimum absolute atomic E-state index is 0.162. The second-order valence-electron chi connectivity index (χ2n) is 11.4. The van der Waals surface area contributed by atoms with E-state index in [-0.39, 0.29) is 16.9 Å². The topological polar surface area (TPSA) is 108 Å². The molecule has 0 bridgehead atoms. The Kier molecular flexibility index (Phi) is 8.80. The molecule has 1 N–H and O–H groups in total. The SMILES string of the molecule is CNc1ccc2c(c1)CCN2c1c(F)cnc2cc(OC)c(OC)cc12.COc1cc(C)c(-n2c(C3CC3)ccc(C=O)c2=O)cn1. The van der Waals surface area contributed by atoms with Gasteiger partial charge in [-0.3, -0.25) is 19.1 Å². The fourth-order valence-corrected chi connectivity index (χ4v) is 6.02. The Morgan fingerprint density at radius 1 is 0.936 bits per heavy atom. The Hall–Kier alpha value is -5.45. The number of fused-ring (bicyclic) bond motifs is 2. The highest BCUT2D eigenvalue weighted by molar-refractivity contribution is 5.97. The highest BCUT2D eigenvalue weighted by atomic mass is 19.1. The number of rotatable bonds is 8. The molecular weight excluding hydrogens is 601 g/mol. The first-order valence-corrected chi connectivity index (χ1v) is 15.3. The van der Waals surface area contributed by atoms with Crippen molar-refractivity contribution in [1.29, 1.82) is 0 Å². The van der Waals surface area contributed by atoms with E-state index in [2.05, 4.69) is 21.4 Å². The Bertz CT molecular complexity index is 2040. The van der Waals surface area contributed by atoms with E-state index in [1.807, 2.05) is 37.1 Å². The zero-order chi connectivity index (χ0) is 33.2. The molecule has 2 aliphatic rings. The largest absolute Gasteiger partial charge is 0.493 e. The lowest BCUT2D eigenvalue weighted by molar-refractivity contribution is 0.112. The third kappa shape index (κ3) is 5.96. The van der Waals surface area contributed by atoms with Crippen LogP contribution >= 0.6 is 0 Å². The zero-order valence-corrected chi connectivity index (χ0v) is 27.0. The highest BCUT2D eigenvalue weighted by Gasteiger charge is 2.29. The van der Waals surface area contributed by atoms with Crippen LogP contribution in [0, 0.1) is 12.7 Å². The maximum Gasteiger partial charge on any atom is 0.265 e. The molecule has 0 amide bonds. The van der Waals surface area contributed by atoms with Gasteiger partial charge in [0.05, 0.1) is 56.2 Å². The van der Waals surface area contributed by atoms with E-state index >= 15 is 0 Å². The van der Waals surface area contributed by atoms with Crippen molar-refractivity contribution in [2.75, 3.05) is 45.1 Å². The molecule has 47 heavy (non-hydrogen) atoms. The van der Waals surface area contributed by atoms with Crippen LogP contribution in [0.3, 0.4) is 0 Å². The molecule has 1 saturated carbocycles. The third-order valence-electron chi connectivity index (χ3n) is 8.61. The molecule has 3 aromatic heterocycles. The van der Waals surface area contributed by atoms with Gasteiger partial charge < -0.3 is 24.4 Å². The quantitative estimate of drug-likeness (QED) is 0.194. The van der Waals surface area contributed by atoms with Gasteiger partial charge in [-0.05, 0) is 79.6 Å². The average molecular weight is 638 g/mol. The lowest BCUT2D eigenvalue weighted by Crippen LogP contribution is -2.25. The van der Waals surface area contributed by atoms with Gasteiger partial charge in [-0.25, -0.2) is 9.37 Å². The van der Waals surface area contributed by atoms with Crippen molar-refractivity contribution in [2.45, 2.75) is 32.1 Å². The van der Waals surface area contributed by atoms with Gasteiger partial charge in [0.1, 0.15) is 0 Å². The Morgan fingerprint density at radius 2 is 1.70 bits per heavy atom. The first-order valence-electron chi connectivity index (χ1n) is 15.3. The monoisotopic (exact) mass is 637 g/mol. The molecule has 0 saturated heterocycles. The van der Waals surface area contributed by atoms with Gasteiger partial charge in [0.2, 0.25) is 5.88 Å². The molecule has 0 unspecified atom stereocenters. The number of pyridine rings is 3. The highest BCUT2D eigenvalue weighted by Crippen LogP contribution is 2.43. The van der Waals surface area contributed by atoms with Crippen LogP contribution in [0.2, 0.25) is 0 Å². The molecule has 242 valence electrons. The van der Waals surface area contributed by atoms with Crippen LogP contribution in [-0.2, 0) is 6.42 Å². The number of aryl methyl sites for hydroxylation is 1. The molecule has 7 rings (SSSR count). The van der Waals surface area contributed by atoms with E-state index in [1.165, 1.54) is 11.8 Å². The van der Waals surface area contributed by atoms with E-state index in [0.717, 1.165) is 41.9 Å². The fourth-order valence-electron chi connectivity index (χ4n) is 6.02. The summed E-state index contributed by atoms with van der Waals surface area (Å²) in [6, 6.07) is 15.0. The summed E-state index contributed by atoms with van der Waals surface area (Å²) in [4.78, 5) is 34.0. The number of nitrogens with one attached hydrogen (secondary N) is 1. The number of ether oxygens (including phenoxy) is 3. The predicted octanol–water partition coefficient (Wildman–Crippen LogP) is 6.37. The van der Waals surface area contributed by atoms with Gasteiger partial charge in [-0.2, -0.15) is 0 Å². The van der Waals surface area contributed by atoms with E-state index in [9.17, 15) is 14.0 Å². The average Bonchev–Trinajstić information content (AvgIpc) is 3.87. The number of nitrogens with zero attached hydrogens (tertiary/aromatic N) is 4. The number of carbonyl (C=O) groups excluding carboxylic acids is 1. The van der Waals surface area contributed by atoms with E-state index in [1.54, 1.807) is 56.4 Å². The summed E-state index contributed by atoms with van der Waals surface area (Å²) in [5.74, 6) is 1.67. The minimum atomic E-state index is -0.352. The van der Waals surface area contributed by atoms with E-state index in [4.69, 9.17) is 14.2 Å². The van der Waals surface area contributed by atoms with Crippen LogP contribution in [0.5, 0.6) is 17.4 Å². The summed E-state index contributed by atoms with van der Waals surface area (Å²) < 4.78 is 32.3. The zero-order valence-electron chi connectivity index (χ0n) is 27.0. The summed E-state index contributed by atoms with van der Waals surface area (Å²) in [6.07, 6.45) is 6.49. The molecule has 2 aromatic carbocycles. The lowest BCUT2D eigenvalue weighted by atomic mass is 10.1. The Balaban J connectivity index is 0.000000168. The summed E-state index contributed by atoms with van der Waals surface area (Å²) in [5.41, 5.74) is 6.86. The lowest BCUT2D eigenvalue weighted by Gasteiger charge is -2.22. The molecule has 1 aliphatic heterocycles. The predicted molar refractivity (Wildman–Crippen MR) is 180 cm³/mol. The number of hydrogen-bond donors (Lipinski definition) is 1. The minimum Gasteiger partial charge on any atom is -0.493 e. The Labute approximate surface area is 271 Å². The van der Waals surface area contributed by atoms with Crippen molar-refractivity contribution in [2.24, 2.45) is 0 Å². The van der Waals surface area contributed by atoms with Gasteiger partial charge in [0.25, 0.3) is 5.56 Å². The number of hydrogen-bond acceptors (Lipinski definition) is 9. The molecular formula is C36H36FN5O5. The number of carbonyl (C=O) groups is 1. The number of benzene rings is 2.